The van der Waals surface area contributed by atoms with Crippen molar-refractivity contribution in [2.75, 3.05) is 14.2 Å². The minimum Gasteiger partial charge on any atom is -0.500 e. The van der Waals surface area contributed by atoms with E-state index in [1.807, 2.05) is 0 Å². The number of rotatable bonds is 7. The van der Waals surface area contributed by atoms with Crippen LogP contribution in [0.2, 0.25) is 0 Å². The Morgan fingerprint density at radius 1 is 1.07 bits per heavy atom. The quantitative estimate of drug-likeness (QED) is 0.281. The summed E-state index contributed by atoms with van der Waals surface area (Å²) in [5.74, 6) is -2.15. The Morgan fingerprint density at radius 3 is 2.07 bits per heavy atom. The molecule has 0 spiro atoms. The zero-order valence-corrected chi connectivity index (χ0v) is 16.9. The molecule has 8 heteroatoms. The molecule has 0 saturated carbocycles. The minimum atomic E-state index is -0.801. The van der Waals surface area contributed by atoms with Gasteiger partial charge in [0.2, 0.25) is 11.4 Å². The Morgan fingerprint density at radius 2 is 1.62 bits per heavy atom. The molecule has 0 aliphatic heterocycles. The standard InChI is InChI=1S/C21H23NO7/c1-11(2)29-21(26)15-10-16(28-5)20(25)18(22(4)27)17(15)19(24)14-8-6-13(7-9-14)12(3)23/h6-11,25,27H,1-5H3/p+1. The summed E-state index contributed by atoms with van der Waals surface area (Å²) >= 11 is 0. The number of phenols is 1. The van der Waals surface area contributed by atoms with Gasteiger partial charge >= 0.3 is 5.97 Å². The number of carbonyl (C=O) groups is 3. The second-order valence-corrected chi connectivity index (χ2v) is 6.73. The Kier molecular flexibility index (Phi) is 6.73. The van der Waals surface area contributed by atoms with Crippen LogP contribution in [-0.2, 0) is 4.74 Å². The molecule has 0 aliphatic carbocycles. The first-order chi connectivity index (χ1) is 13.6. The number of ketones is 2. The molecule has 0 fully saturated rings. The SMILES string of the molecule is COc1cc(C(=O)OC(C)C)c(C(=O)c2ccc(C(C)=O)cc2)c([NH+](C)O)c1O. The van der Waals surface area contributed by atoms with E-state index < -0.39 is 23.6 Å². The summed E-state index contributed by atoms with van der Waals surface area (Å²) in [5, 5.41) is 20.3. The third kappa shape index (κ3) is 4.61. The molecular formula is C21H24NO7+. The topological polar surface area (TPSA) is 115 Å². The summed E-state index contributed by atoms with van der Waals surface area (Å²) in [6, 6.07) is 7.05. The highest BCUT2D eigenvalue weighted by Crippen LogP contribution is 2.38. The third-order valence-electron chi connectivity index (χ3n) is 4.19. The van der Waals surface area contributed by atoms with Crippen molar-refractivity contribution in [1.29, 1.82) is 0 Å². The van der Waals surface area contributed by atoms with Crippen LogP contribution in [0.3, 0.4) is 0 Å². The zero-order valence-electron chi connectivity index (χ0n) is 16.9. The Bertz CT molecular complexity index is 946. The first kappa shape index (κ1) is 22.1. The summed E-state index contributed by atoms with van der Waals surface area (Å²) in [6.45, 7) is 4.71. The third-order valence-corrected chi connectivity index (χ3v) is 4.19. The van der Waals surface area contributed by atoms with Gasteiger partial charge in [-0.15, -0.1) is 0 Å². The van der Waals surface area contributed by atoms with Crippen molar-refractivity contribution >= 4 is 23.2 Å². The van der Waals surface area contributed by atoms with Gasteiger partial charge in [0.1, 0.15) is 12.6 Å². The molecule has 0 amide bonds. The monoisotopic (exact) mass is 402 g/mol. The van der Waals surface area contributed by atoms with Crippen LogP contribution in [0, 0.1) is 0 Å². The van der Waals surface area contributed by atoms with E-state index in [0.717, 1.165) is 0 Å². The van der Waals surface area contributed by atoms with E-state index in [-0.39, 0.29) is 39.0 Å². The number of Topliss-reactive ketones (excluding diaryl/α,β-unsaturated/α-hetero) is 1. The Labute approximate surface area is 168 Å². The van der Waals surface area contributed by atoms with Gasteiger partial charge in [0.15, 0.2) is 17.3 Å². The smallest absolute Gasteiger partial charge is 0.339 e. The number of phenolic OH excluding ortho intramolecular Hbond substituents is 1. The van der Waals surface area contributed by atoms with Crippen LogP contribution in [0.15, 0.2) is 30.3 Å². The molecule has 29 heavy (non-hydrogen) atoms. The number of ether oxygens (including phenoxy) is 2. The number of quaternary nitrogens is 1. The van der Waals surface area contributed by atoms with Crippen LogP contribution >= 0.6 is 0 Å². The molecule has 2 rings (SSSR count). The van der Waals surface area contributed by atoms with Gasteiger partial charge in [-0.2, -0.15) is 5.06 Å². The highest BCUT2D eigenvalue weighted by Gasteiger charge is 2.33. The average molecular weight is 402 g/mol. The molecule has 2 aromatic rings. The Balaban J connectivity index is 2.74. The predicted molar refractivity (Wildman–Crippen MR) is 103 cm³/mol. The molecule has 2 aromatic carbocycles. The van der Waals surface area contributed by atoms with Gasteiger partial charge in [-0.05, 0) is 26.8 Å². The lowest BCUT2D eigenvalue weighted by atomic mass is 9.94. The van der Waals surface area contributed by atoms with Gasteiger partial charge in [-0.1, -0.05) is 24.3 Å². The molecule has 0 heterocycles. The normalized spacial score (nSPS) is 11.8. The van der Waals surface area contributed by atoms with Gasteiger partial charge in [-0.3, -0.25) is 9.59 Å². The number of hydroxylamine groups is 1. The number of carbonyl (C=O) groups excluding carboxylic acids is 3. The van der Waals surface area contributed by atoms with E-state index in [1.54, 1.807) is 13.8 Å². The van der Waals surface area contributed by atoms with Crippen molar-refractivity contribution in [2.24, 2.45) is 0 Å². The van der Waals surface area contributed by atoms with Gasteiger partial charge in [0, 0.05) is 11.1 Å². The largest absolute Gasteiger partial charge is 0.500 e. The second kappa shape index (κ2) is 8.85. The predicted octanol–water partition coefficient (Wildman–Crippen LogP) is 1.94. The summed E-state index contributed by atoms with van der Waals surface area (Å²) in [6.07, 6.45) is -0.456. The van der Waals surface area contributed by atoms with Crippen molar-refractivity contribution in [3.05, 3.63) is 52.6 Å². The van der Waals surface area contributed by atoms with E-state index >= 15 is 0 Å². The maximum atomic E-state index is 13.2. The summed E-state index contributed by atoms with van der Waals surface area (Å²) in [5.41, 5.74) is -0.00743. The van der Waals surface area contributed by atoms with E-state index in [4.69, 9.17) is 9.47 Å². The summed E-state index contributed by atoms with van der Waals surface area (Å²) in [7, 11) is 2.56. The lowest BCUT2D eigenvalue weighted by Crippen LogP contribution is -3.01. The molecule has 1 unspecified atom stereocenters. The molecule has 0 aromatic heterocycles. The van der Waals surface area contributed by atoms with Gasteiger partial charge in [0.25, 0.3) is 0 Å². The molecule has 0 bridgehead atoms. The average Bonchev–Trinajstić information content (AvgIpc) is 2.66. The Hall–Kier alpha value is -3.23. The van der Waals surface area contributed by atoms with Crippen molar-refractivity contribution in [3.63, 3.8) is 0 Å². The number of hydrogen-bond donors (Lipinski definition) is 3. The number of nitrogens with one attached hydrogen (secondary N) is 1. The van der Waals surface area contributed by atoms with Crippen LogP contribution in [0.1, 0.15) is 57.4 Å². The molecule has 1 atom stereocenters. The van der Waals surface area contributed by atoms with E-state index in [0.29, 0.717) is 5.56 Å². The fourth-order valence-electron chi connectivity index (χ4n) is 2.83. The number of methoxy groups -OCH3 is 1. The zero-order chi connectivity index (χ0) is 21.9. The molecule has 0 radical (unpaired) electrons. The lowest BCUT2D eigenvalue weighted by molar-refractivity contribution is -1.02. The molecular weight excluding hydrogens is 378 g/mol. The van der Waals surface area contributed by atoms with E-state index in [1.165, 1.54) is 51.4 Å². The van der Waals surface area contributed by atoms with Crippen LogP contribution in [0.5, 0.6) is 11.5 Å². The van der Waals surface area contributed by atoms with Crippen molar-refractivity contribution in [3.8, 4) is 11.5 Å². The fourth-order valence-corrected chi connectivity index (χ4v) is 2.83. The van der Waals surface area contributed by atoms with Gasteiger partial charge < -0.3 is 14.6 Å². The minimum absolute atomic E-state index is 0.0902. The maximum Gasteiger partial charge on any atom is 0.339 e. The molecule has 154 valence electrons. The second-order valence-electron chi connectivity index (χ2n) is 6.73. The summed E-state index contributed by atoms with van der Waals surface area (Å²) < 4.78 is 10.3. The molecule has 0 aliphatic rings. The summed E-state index contributed by atoms with van der Waals surface area (Å²) in [4.78, 5) is 37.4. The van der Waals surface area contributed by atoms with Crippen molar-refractivity contribution < 1.29 is 39.2 Å². The van der Waals surface area contributed by atoms with Crippen LogP contribution in [0.4, 0.5) is 5.69 Å². The first-order valence-electron chi connectivity index (χ1n) is 8.92. The highest BCUT2D eigenvalue weighted by atomic mass is 16.5. The maximum absolute atomic E-state index is 13.2. The van der Waals surface area contributed by atoms with Crippen LogP contribution in [-0.4, -0.2) is 48.1 Å². The molecule has 3 N–H and O–H groups in total. The van der Waals surface area contributed by atoms with E-state index in [2.05, 4.69) is 0 Å². The number of benzene rings is 2. The molecule has 8 nitrogen and oxygen atoms in total. The van der Waals surface area contributed by atoms with Crippen LogP contribution < -0.4 is 9.80 Å². The van der Waals surface area contributed by atoms with Gasteiger partial charge in [-0.25, -0.2) is 10.0 Å². The number of esters is 1. The van der Waals surface area contributed by atoms with Gasteiger partial charge in [0.05, 0.1) is 18.8 Å². The van der Waals surface area contributed by atoms with E-state index in [9.17, 15) is 24.7 Å². The molecule has 0 saturated heterocycles. The van der Waals surface area contributed by atoms with Crippen LogP contribution in [0.25, 0.3) is 0 Å². The lowest BCUT2D eigenvalue weighted by Gasteiger charge is -2.18. The number of aromatic hydroxyl groups is 1. The highest BCUT2D eigenvalue weighted by molar-refractivity contribution is 6.18. The fraction of sp³-hybridized carbons (Fsp3) is 0.286. The first-order valence-corrected chi connectivity index (χ1v) is 8.92. The van der Waals surface area contributed by atoms with Crippen molar-refractivity contribution in [2.45, 2.75) is 26.9 Å². The van der Waals surface area contributed by atoms with Crippen molar-refractivity contribution in [1.82, 2.24) is 0 Å². The number of hydrogen-bond acceptors (Lipinski definition) is 7.